The lowest BCUT2D eigenvalue weighted by atomic mass is 10.2. The Labute approximate surface area is 147 Å². The number of ether oxygens (including phenoxy) is 1. The van der Waals surface area contributed by atoms with E-state index in [0.717, 1.165) is 12.1 Å². The summed E-state index contributed by atoms with van der Waals surface area (Å²) in [6.45, 7) is -0.595. The third-order valence-corrected chi connectivity index (χ3v) is 3.67. The van der Waals surface area contributed by atoms with Crippen molar-refractivity contribution in [3.05, 3.63) is 62.6 Å². The first-order valence-electron chi connectivity index (χ1n) is 6.71. The lowest BCUT2D eigenvalue weighted by Crippen LogP contribution is -2.20. The van der Waals surface area contributed by atoms with Gasteiger partial charge in [0.25, 0.3) is 5.91 Å². The number of anilines is 1. The predicted molar refractivity (Wildman–Crippen MR) is 86.4 cm³/mol. The molecule has 2 aromatic carbocycles. The van der Waals surface area contributed by atoms with E-state index in [2.05, 4.69) is 21.2 Å². The van der Waals surface area contributed by atoms with Gasteiger partial charge in [-0.15, -0.1) is 0 Å². The lowest BCUT2D eigenvalue weighted by molar-refractivity contribution is -0.385. The Hall–Kier alpha value is -2.62. The Kier molecular flexibility index (Phi) is 5.62. The number of rotatable bonds is 5. The Balaban J connectivity index is 2.06. The van der Waals surface area contributed by atoms with Crippen LogP contribution in [0, 0.1) is 10.1 Å². The van der Waals surface area contributed by atoms with Crippen LogP contribution in [0.2, 0.25) is 0 Å². The van der Waals surface area contributed by atoms with E-state index in [4.69, 9.17) is 4.74 Å². The maximum absolute atomic E-state index is 12.8. The van der Waals surface area contributed by atoms with Gasteiger partial charge in [-0.25, -0.2) is 0 Å². The number of nitro benzene ring substituents is 1. The fourth-order valence-corrected chi connectivity index (χ4v) is 2.36. The molecular formula is C15H10BrF3N2O4. The molecule has 6 nitrogen and oxygen atoms in total. The molecule has 0 unspecified atom stereocenters. The molecule has 25 heavy (non-hydrogen) atoms. The third-order valence-electron chi connectivity index (χ3n) is 2.98. The molecule has 1 N–H and O–H groups in total. The largest absolute Gasteiger partial charge is 0.477 e. The predicted octanol–water partition coefficient (Wildman–Crippen LogP) is 4.39. The highest BCUT2D eigenvalue weighted by atomic mass is 79.9. The van der Waals surface area contributed by atoms with Crippen molar-refractivity contribution in [3.8, 4) is 5.75 Å². The molecule has 10 heteroatoms. The first kappa shape index (κ1) is 18.7. The van der Waals surface area contributed by atoms with Crippen LogP contribution in [0.4, 0.5) is 24.5 Å². The summed E-state index contributed by atoms with van der Waals surface area (Å²) in [7, 11) is 0. The topological polar surface area (TPSA) is 81.5 Å². The molecule has 2 aromatic rings. The molecule has 0 saturated heterocycles. The number of nitrogens with one attached hydrogen (secondary N) is 1. The van der Waals surface area contributed by atoms with Gasteiger partial charge in [0.05, 0.1) is 10.5 Å². The van der Waals surface area contributed by atoms with E-state index < -0.39 is 29.2 Å². The van der Waals surface area contributed by atoms with Gasteiger partial charge in [0.15, 0.2) is 12.4 Å². The molecule has 0 bridgehead atoms. The van der Waals surface area contributed by atoms with E-state index in [-0.39, 0.29) is 21.6 Å². The number of hydrogen-bond donors (Lipinski definition) is 1. The summed E-state index contributed by atoms with van der Waals surface area (Å²) in [5.74, 6) is -0.872. The van der Waals surface area contributed by atoms with Crippen LogP contribution < -0.4 is 10.1 Å². The average molecular weight is 419 g/mol. The van der Waals surface area contributed by atoms with Gasteiger partial charge in [-0.1, -0.05) is 28.1 Å². The second kappa shape index (κ2) is 7.51. The van der Waals surface area contributed by atoms with E-state index in [1.165, 1.54) is 30.3 Å². The minimum Gasteiger partial charge on any atom is -0.477 e. The van der Waals surface area contributed by atoms with Gasteiger partial charge in [0.2, 0.25) is 0 Å². The fraction of sp³-hybridized carbons (Fsp3) is 0.133. The third kappa shape index (κ3) is 4.92. The highest BCUT2D eigenvalue weighted by molar-refractivity contribution is 9.10. The van der Waals surface area contributed by atoms with E-state index in [1.54, 1.807) is 0 Å². The summed E-state index contributed by atoms with van der Waals surface area (Å²) in [5.41, 5.74) is -1.34. The minimum absolute atomic E-state index is 0.0771. The van der Waals surface area contributed by atoms with E-state index in [1.807, 2.05) is 0 Å². The zero-order chi connectivity index (χ0) is 18.6. The molecule has 0 atom stereocenters. The molecule has 0 fully saturated rings. The van der Waals surface area contributed by atoms with Crippen LogP contribution in [-0.2, 0) is 11.0 Å². The number of benzene rings is 2. The quantitative estimate of drug-likeness (QED) is 0.576. The standard InChI is InChI=1S/C15H10BrF3N2O4/c16-11-6-5-9(7-10(11)15(17,18)19)20-14(22)8-25-13-4-2-1-3-12(13)21(23)24/h1-7H,8H2,(H,20,22). The summed E-state index contributed by atoms with van der Waals surface area (Å²) in [6.07, 6.45) is -4.58. The molecule has 2 rings (SSSR count). The number of halogens is 4. The smallest absolute Gasteiger partial charge is 0.417 e. The summed E-state index contributed by atoms with van der Waals surface area (Å²) >= 11 is 2.79. The number of amides is 1. The molecule has 0 aliphatic rings. The summed E-state index contributed by atoms with van der Waals surface area (Å²) in [4.78, 5) is 22.0. The average Bonchev–Trinajstić information content (AvgIpc) is 2.54. The summed E-state index contributed by atoms with van der Waals surface area (Å²) in [5, 5.41) is 13.1. The van der Waals surface area contributed by atoms with Gasteiger partial charge < -0.3 is 10.1 Å². The molecule has 0 saturated carbocycles. The van der Waals surface area contributed by atoms with Gasteiger partial charge in [-0.05, 0) is 24.3 Å². The fourth-order valence-electron chi connectivity index (χ4n) is 1.89. The van der Waals surface area contributed by atoms with Crippen molar-refractivity contribution in [1.29, 1.82) is 0 Å². The number of nitro groups is 1. The Morgan fingerprint density at radius 1 is 1.24 bits per heavy atom. The second-order valence-electron chi connectivity index (χ2n) is 4.75. The second-order valence-corrected chi connectivity index (χ2v) is 5.61. The van der Waals surface area contributed by atoms with Gasteiger partial charge in [-0.2, -0.15) is 13.2 Å². The minimum atomic E-state index is -4.58. The Bertz CT molecular complexity index is 812. The Morgan fingerprint density at radius 3 is 2.56 bits per heavy atom. The maximum atomic E-state index is 12.8. The van der Waals surface area contributed by atoms with Crippen LogP contribution >= 0.6 is 15.9 Å². The Morgan fingerprint density at radius 2 is 1.92 bits per heavy atom. The summed E-state index contributed by atoms with van der Waals surface area (Å²) in [6, 6.07) is 8.65. The highest BCUT2D eigenvalue weighted by Gasteiger charge is 2.33. The molecule has 0 aliphatic carbocycles. The van der Waals surface area contributed by atoms with Crippen molar-refractivity contribution in [2.75, 3.05) is 11.9 Å². The summed E-state index contributed by atoms with van der Waals surface area (Å²) < 4.78 is 43.4. The van der Waals surface area contributed by atoms with Crippen LogP contribution in [0.5, 0.6) is 5.75 Å². The highest BCUT2D eigenvalue weighted by Crippen LogP contribution is 2.36. The first-order chi connectivity index (χ1) is 11.7. The number of hydrogen-bond acceptors (Lipinski definition) is 4. The van der Waals surface area contributed by atoms with Gasteiger partial charge in [-0.3, -0.25) is 14.9 Å². The van der Waals surface area contributed by atoms with Crippen LogP contribution in [0.1, 0.15) is 5.56 Å². The van der Waals surface area contributed by atoms with E-state index in [9.17, 15) is 28.1 Å². The van der Waals surface area contributed by atoms with Crippen LogP contribution in [0.25, 0.3) is 0 Å². The van der Waals surface area contributed by atoms with Gasteiger partial charge in [0.1, 0.15) is 0 Å². The van der Waals surface area contributed by atoms with Crippen LogP contribution in [-0.4, -0.2) is 17.4 Å². The molecule has 0 radical (unpaired) electrons. The molecule has 0 aliphatic heterocycles. The molecular weight excluding hydrogens is 409 g/mol. The van der Waals surface area contributed by atoms with E-state index >= 15 is 0 Å². The maximum Gasteiger partial charge on any atom is 0.417 e. The first-order valence-corrected chi connectivity index (χ1v) is 7.50. The molecule has 0 spiro atoms. The number of alkyl halides is 3. The normalized spacial score (nSPS) is 11.0. The lowest BCUT2D eigenvalue weighted by Gasteiger charge is -2.12. The number of carbonyl (C=O) groups is 1. The molecule has 0 aromatic heterocycles. The molecule has 0 heterocycles. The number of nitrogens with zero attached hydrogens (tertiary/aromatic N) is 1. The SMILES string of the molecule is O=C(COc1ccccc1[N+](=O)[O-])Nc1ccc(Br)c(C(F)(F)F)c1. The van der Waals surface area contributed by atoms with Crippen LogP contribution in [0.15, 0.2) is 46.9 Å². The molecule has 132 valence electrons. The van der Waals surface area contributed by atoms with Crippen molar-refractivity contribution in [2.45, 2.75) is 6.18 Å². The zero-order valence-electron chi connectivity index (χ0n) is 12.3. The zero-order valence-corrected chi connectivity index (χ0v) is 13.9. The van der Waals surface area contributed by atoms with Crippen molar-refractivity contribution in [1.82, 2.24) is 0 Å². The van der Waals surface area contributed by atoms with Crippen molar-refractivity contribution in [3.63, 3.8) is 0 Å². The van der Waals surface area contributed by atoms with Crippen molar-refractivity contribution < 1.29 is 27.6 Å². The van der Waals surface area contributed by atoms with Gasteiger partial charge >= 0.3 is 11.9 Å². The van der Waals surface area contributed by atoms with E-state index in [0.29, 0.717) is 0 Å². The van der Waals surface area contributed by atoms with Crippen LogP contribution in [0.3, 0.4) is 0 Å². The monoisotopic (exact) mass is 418 g/mol. The van der Waals surface area contributed by atoms with Gasteiger partial charge in [0, 0.05) is 16.2 Å². The molecule has 1 amide bonds. The number of carbonyl (C=O) groups excluding carboxylic acids is 1. The number of para-hydroxylation sites is 2. The van der Waals surface area contributed by atoms with Crippen molar-refractivity contribution in [2.24, 2.45) is 0 Å². The van der Waals surface area contributed by atoms with Crippen molar-refractivity contribution >= 4 is 33.2 Å².